The third-order valence-corrected chi connectivity index (χ3v) is 3.96. The number of aryl methyl sites for hydroxylation is 1. The molecule has 1 aliphatic heterocycles. The third-order valence-electron chi connectivity index (χ3n) is 3.96. The standard InChI is InChI=1S/C18H26N2O.ClH/c1-14(2)17-6-3-15(4-7-17)5-8-18(21)20-13-16-9-11-19-12-10-16;/h3-4,6-7,9,14,19H,5,8,10-13H2,1-2H3,(H,20,21);1H. The number of rotatable bonds is 6. The van der Waals surface area contributed by atoms with Crippen LogP contribution < -0.4 is 10.6 Å². The van der Waals surface area contributed by atoms with Crippen molar-refractivity contribution in [2.75, 3.05) is 19.6 Å². The Morgan fingerprint density at radius 3 is 2.59 bits per heavy atom. The molecule has 0 saturated carbocycles. The van der Waals surface area contributed by atoms with Gasteiger partial charge in [0.05, 0.1) is 0 Å². The summed E-state index contributed by atoms with van der Waals surface area (Å²) in [4.78, 5) is 11.9. The zero-order valence-electron chi connectivity index (χ0n) is 13.5. The maximum absolute atomic E-state index is 11.9. The second kappa shape index (κ2) is 9.65. The molecule has 22 heavy (non-hydrogen) atoms. The Bertz CT molecular complexity index is 494. The molecule has 0 aliphatic carbocycles. The van der Waals surface area contributed by atoms with Gasteiger partial charge in [-0.3, -0.25) is 4.79 Å². The van der Waals surface area contributed by atoms with E-state index in [2.05, 4.69) is 54.8 Å². The van der Waals surface area contributed by atoms with Gasteiger partial charge in [0.1, 0.15) is 0 Å². The molecule has 0 aromatic heterocycles. The van der Waals surface area contributed by atoms with Crippen molar-refractivity contribution >= 4 is 18.3 Å². The van der Waals surface area contributed by atoms with E-state index in [0.717, 1.165) is 25.9 Å². The molecule has 122 valence electrons. The Kier molecular flexibility index (Phi) is 8.21. The number of amides is 1. The van der Waals surface area contributed by atoms with E-state index in [0.29, 0.717) is 18.9 Å². The minimum absolute atomic E-state index is 0. The van der Waals surface area contributed by atoms with Crippen molar-refractivity contribution in [1.82, 2.24) is 10.6 Å². The van der Waals surface area contributed by atoms with Gasteiger partial charge in [-0.25, -0.2) is 0 Å². The van der Waals surface area contributed by atoms with Crippen LogP contribution >= 0.6 is 12.4 Å². The van der Waals surface area contributed by atoms with Gasteiger partial charge in [-0.1, -0.05) is 49.8 Å². The second-order valence-corrected chi connectivity index (χ2v) is 5.99. The summed E-state index contributed by atoms with van der Waals surface area (Å²) in [5.41, 5.74) is 3.92. The lowest BCUT2D eigenvalue weighted by molar-refractivity contribution is -0.120. The monoisotopic (exact) mass is 322 g/mol. The zero-order chi connectivity index (χ0) is 15.1. The fraction of sp³-hybridized carbons (Fsp3) is 0.500. The molecule has 1 aromatic rings. The van der Waals surface area contributed by atoms with E-state index in [1.54, 1.807) is 0 Å². The lowest BCUT2D eigenvalue weighted by Gasteiger charge is -2.14. The third kappa shape index (κ3) is 6.20. The molecule has 1 aliphatic rings. The van der Waals surface area contributed by atoms with Crippen LogP contribution in [0.1, 0.15) is 43.7 Å². The number of carbonyl (C=O) groups excluding carboxylic acids is 1. The fourth-order valence-corrected chi connectivity index (χ4v) is 2.46. The molecule has 3 nitrogen and oxygen atoms in total. The van der Waals surface area contributed by atoms with Gasteiger partial charge in [-0.05, 0) is 36.4 Å². The van der Waals surface area contributed by atoms with Gasteiger partial charge in [0.2, 0.25) is 5.91 Å². The molecule has 2 N–H and O–H groups in total. The summed E-state index contributed by atoms with van der Waals surface area (Å²) >= 11 is 0. The summed E-state index contributed by atoms with van der Waals surface area (Å²) in [6.07, 6.45) is 4.59. The van der Waals surface area contributed by atoms with E-state index >= 15 is 0 Å². The van der Waals surface area contributed by atoms with E-state index < -0.39 is 0 Å². The van der Waals surface area contributed by atoms with Crippen LogP contribution in [0.15, 0.2) is 35.9 Å². The summed E-state index contributed by atoms with van der Waals surface area (Å²) in [6, 6.07) is 8.60. The largest absolute Gasteiger partial charge is 0.352 e. The number of halogens is 1. The van der Waals surface area contributed by atoms with Gasteiger partial charge in [0, 0.05) is 19.5 Å². The average Bonchev–Trinajstić information content (AvgIpc) is 2.52. The lowest BCUT2D eigenvalue weighted by atomic mass is 10.0. The van der Waals surface area contributed by atoms with Crippen LogP contribution in [0.5, 0.6) is 0 Å². The molecule has 1 amide bonds. The summed E-state index contributed by atoms with van der Waals surface area (Å²) < 4.78 is 0. The molecular weight excluding hydrogens is 296 g/mol. The van der Waals surface area contributed by atoms with Crippen molar-refractivity contribution in [2.45, 2.75) is 39.0 Å². The quantitative estimate of drug-likeness (QED) is 0.790. The van der Waals surface area contributed by atoms with Gasteiger partial charge in [0.25, 0.3) is 0 Å². The van der Waals surface area contributed by atoms with Crippen LogP contribution in [-0.4, -0.2) is 25.5 Å². The SMILES string of the molecule is CC(C)c1ccc(CCC(=O)NCC2=CCNCC2)cc1.Cl. The fourth-order valence-electron chi connectivity index (χ4n) is 2.46. The predicted molar refractivity (Wildman–Crippen MR) is 94.7 cm³/mol. The Balaban J connectivity index is 0.00000242. The van der Waals surface area contributed by atoms with E-state index in [1.807, 2.05) is 0 Å². The first-order valence-corrected chi connectivity index (χ1v) is 7.89. The summed E-state index contributed by atoms with van der Waals surface area (Å²) in [6.45, 7) is 7.03. The topological polar surface area (TPSA) is 41.1 Å². The first-order chi connectivity index (χ1) is 10.1. The zero-order valence-corrected chi connectivity index (χ0v) is 14.3. The lowest BCUT2D eigenvalue weighted by Crippen LogP contribution is -2.29. The van der Waals surface area contributed by atoms with Crippen LogP contribution in [0, 0.1) is 0 Å². The minimum Gasteiger partial charge on any atom is -0.352 e. The first-order valence-electron chi connectivity index (χ1n) is 7.89. The number of benzene rings is 1. The molecule has 1 aromatic carbocycles. The molecule has 0 atom stereocenters. The molecule has 0 saturated heterocycles. The van der Waals surface area contributed by atoms with Crippen LogP contribution in [0.2, 0.25) is 0 Å². The molecule has 0 spiro atoms. The van der Waals surface area contributed by atoms with Gasteiger partial charge in [-0.15, -0.1) is 12.4 Å². The van der Waals surface area contributed by atoms with Crippen molar-refractivity contribution in [2.24, 2.45) is 0 Å². The molecule has 4 heteroatoms. The van der Waals surface area contributed by atoms with E-state index in [1.165, 1.54) is 16.7 Å². The van der Waals surface area contributed by atoms with Crippen LogP contribution in [0.3, 0.4) is 0 Å². The number of carbonyl (C=O) groups is 1. The van der Waals surface area contributed by atoms with Gasteiger partial charge in [-0.2, -0.15) is 0 Å². The Morgan fingerprint density at radius 2 is 2.00 bits per heavy atom. The highest BCUT2D eigenvalue weighted by atomic mass is 35.5. The highest BCUT2D eigenvalue weighted by Gasteiger charge is 2.06. The van der Waals surface area contributed by atoms with Crippen LogP contribution in [0.25, 0.3) is 0 Å². The highest BCUT2D eigenvalue weighted by molar-refractivity contribution is 5.85. The number of hydrogen-bond donors (Lipinski definition) is 2. The molecular formula is C18H27ClN2O. The average molecular weight is 323 g/mol. The first kappa shape index (κ1) is 18.7. The maximum atomic E-state index is 11.9. The summed E-state index contributed by atoms with van der Waals surface area (Å²) in [5, 5.41) is 6.29. The van der Waals surface area contributed by atoms with Crippen molar-refractivity contribution < 1.29 is 4.79 Å². The van der Waals surface area contributed by atoms with Crippen molar-refractivity contribution in [3.63, 3.8) is 0 Å². The van der Waals surface area contributed by atoms with E-state index in [9.17, 15) is 4.79 Å². The maximum Gasteiger partial charge on any atom is 0.220 e. The highest BCUT2D eigenvalue weighted by Crippen LogP contribution is 2.15. The van der Waals surface area contributed by atoms with Crippen molar-refractivity contribution in [1.29, 1.82) is 0 Å². The summed E-state index contributed by atoms with van der Waals surface area (Å²) in [5.74, 6) is 0.697. The molecule has 0 fully saturated rings. The van der Waals surface area contributed by atoms with Crippen LogP contribution in [-0.2, 0) is 11.2 Å². The van der Waals surface area contributed by atoms with Crippen molar-refractivity contribution in [3.8, 4) is 0 Å². The van der Waals surface area contributed by atoms with E-state index in [4.69, 9.17) is 0 Å². The molecule has 1 heterocycles. The van der Waals surface area contributed by atoms with Crippen molar-refractivity contribution in [3.05, 3.63) is 47.0 Å². The van der Waals surface area contributed by atoms with Gasteiger partial charge in [0.15, 0.2) is 0 Å². The Morgan fingerprint density at radius 1 is 1.27 bits per heavy atom. The molecule has 0 unspecified atom stereocenters. The summed E-state index contributed by atoms with van der Waals surface area (Å²) in [7, 11) is 0. The molecule has 2 rings (SSSR count). The smallest absolute Gasteiger partial charge is 0.220 e. The minimum atomic E-state index is 0. The van der Waals surface area contributed by atoms with Crippen LogP contribution in [0.4, 0.5) is 0 Å². The van der Waals surface area contributed by atoms with E-state index in [-0.39, 0.29) is 18.3 Å². The van der Waals surface area contributed by atoms with Gasteiger partial charge < -0.3 is 10.6 Å². The normalized spacial score (nSPS) is 14.2. The number of hydrogen-bond acceptors (Lipinski definition) is 2. The van der Waals surface area contributed by atoms with Gasteiger partial charge >= 0.3 is 0 Å². The number of nitrogens with one attached hydrogen (secondary N) is 2. The molecule has 0 bridgehead atoms. The Hall–Kier alpha value is -1.32. The Labute approximate surface area is 140 Å². The second-order valence-electron chi connectivity index (χ2n) is 5.99. The molecule has 0 radical (unpaired) electrons. The predicted octanol–water partition coefficient (Wildman–Crippen LogP) is 3.20.